The summed E-state index contributed by atoms with van der Waals surface area (Å²) in [6, 6.07) is 67.3. The molecule has 2 aliphatic rings. The van der Waals surface area contributed by atoms with Crippen LogP contribution in [0.4, 0.5) is 51.2 Å². The number of hydrogen-bond donors (Lipinski definition) is 0. The van der Waals surface area contributed by atoms with Crippen LogP contribution in [0.15, 0.2) is 199 Å². The Morgan fingerprint density at radius 2 is 0.889 bits per heavy atom. The molecule has 1 aromatic heterocycles. The first-order chi connectivity index (χ1) is 30.5. The highest BCUT2D eigenvalue weighted by molar-refractivity contribution is 7.00. The van der Waals surface area contributed by atoms with Gasteiger partial charge < -0.3 is 19.1 Å². The number of fused-ring (bicyclic) bond motifs is 5. The standard InChI is InChI=1S/C58H50BN3O/c1-57(2,3)43-24-28-48(29-25-43)60(47-26-22-40(23-27-47)39-16-10-7-11-17-39)49-30-31-50-53(36-49)62(46-20-14-9-15-21-46)55-35-44(58(4,5)6)34-54-56(55)59(50)51-32-41-37-63-38-42(41)33-52(51)61(54)45-18-12-8-13-19-45/h7-38H,1-6H3. The molecule has 306 valence electrons. The zero-order chi connectivity index (χ0) is 43.0. The molecule has 0 saturated heterocycles. The van der Waals surface area contributed by atoms with E-state index in [9.17, 15) is 0 Å². The lowest BCUT2D eigenvalue weighted by atomic mass is 9.33. The van der Waals surface area contributed by atoms with Gasteiger partial charge in [-0.1, -0.05) is 145 Å². The van der Waals surface area contributed by atoms with Gasteiger partial charge in [0.15, 0.2) is 0 Å². The largest absolute Gasteiger partial charge is 0.471 e. The van der Waals surface area contributed by atoms with Crippen molar-refractivity contribution in [3.8, 4) is 11.1 Å². The average Bonchev–Trinajstić information content (AvgIpc) is 3.76. The molecule has 2 aliphatic heterocycles. The van der Waals surface area contributed by atoms with Crippen LogP contribution in [0.25, 0.3) is 21.9 Å². The molecule has 0 amide bonds. The van der Waals surface area contributed by atoms with Crippen LogP contribution in [-0.4, -0.2) is 6.71 Å². The maximum absolute atomic E-state index is 5.87. The Morgan fingerprint density at radius 1 is 0.413 bits per heavy atom. The molecule has 0 bridgehead atoms. The van der Waals surface area contributed by atoms with Crippen LogP contribution in [-0.2, 0) is 10.8 Å². The third-order valence-electron chi connectivity index (χ3n) is 13.0. The lowest BCUT2D eigenvalue weighted by Crippen LogP contribution is -2.61. The molecule has 9 aromatic rings. The zero-order valence-corrected chi connectivity index (χ0v) is 36.8. The Balaban J connectivity index is 1.18. The summed E-state index contributed by atoms with van der Waals surface area (Å²) in [4.78, 5) is 7.42. The van der Waals surface area contributed by atoms with E-state index >= 15 is 0 Å². The van der Waals surface area contributed by atoms with Crippen LogP contribution in [0.3, 0.4) is 0 Å². The molecule has 11 rings (SSSR count). The van der Waals surface area contributed by atoms with Crippen molar-refractivity contribution in [3.05, 3.63) is 206 Å². The van der Waals surface area contributed by atoms with Crippen LogP contribution in [0.5, 0.6) is 0 Å². The number of nitrogens with zero attached hydrogens (tertiary/aromatic N) is 3. The summed E-state index contributed by atoms with van der Waals surface area (Å²) in [5, 5.41) is 2.19. The molecule has 5 heteroatoms. The van der Waals surface area contributed by atoms with Gasteiger partial charge in [-0.2, -0.15) is 0 Å². The van der Waals surface area contributed by atoms with Gasteiger partial charge in [0.05, 0.1) is 12.5 Å². The Morgan fingerprint density at radius 3 is 1.44 bits per heavy atom. The second-order valence-electron chi connectivity index (χ2n) is 19.2. The van der Waals surface area contributed by atoms with E-state index in [1.165, 1.54) is 55.7 Å². The second-order valence-corrected chi connectivity index (χ2v) is 19.2. The molecule has 63 heavy (non-hydrogen) atoms. The van der Waals surface area contributed by atoms with Gasteiger partial charge >= 0.3 is 0 Å². The van der Waals surface area contributed by atoms with Crippen molar-refractivity contribution in [1.29, 1.82) is 0 Å². The molecule has 0 saturated carbocycles. The number of benzene rings is 8. The molecular weight excluding hydrogens is 765 g/mol. The van der Waals surface area contributed by atoms with E-state index in [2.05, 4.69) is 238 Å². The quantitative estimate of drug-likeness (QED) is 0.156. The monoisotopic (exact) mass is 815 g/mol. The fourth-order valence-electron chi connectivity index (χ4n) is 9.72. The smallest absolute Gasteiger partial charge is 0.252 e. The van der Waals surface area contributed by atoms with Crippen LogP contribution < -0.4 is 31.1 Å². The minimum absolute atomic E-state index is 0.0352. The highest BCUT2D eigenvalue weighted by atomic mass is 16.3. The molecule has 0 radical (unpaired) electrons. The molecular formula is C58H50BN3O. The zero-order valence-electron chi connectivity index (χ0n) is 36.8. The number of para-hydroxylation sites is 2. The summed E-state index contributed by atoms with van der Waals surface area (Å²) in [6.07, 6.45) is 3.76. The van der Waals surface area contributed by atoms with Crippen LogP contribution in [0.1, 0.15) is 52.7 Å². The summed E-state index contributed by atoms with van der Waals surface area (Å²) in [6.45, 7) is 13.8. The van der Waals surface area contributed by atoms with Crippen LogP contribution in [0, 0.1) is 0 Å². The van der Waals surface area contributed by atoms with Crippen molar-refractivity contribution in [1.82, 2.24) is 0 Å². The Kier molecular flexibility index (Phi) is 9.02. The number of anilines is 9. The van der Waals surface area contributed by atoms with Crippen molar-refractivity contribution in [3.63, 3.8) is 0 Å². The molecule has 0 unspecified atom stereocenters. The minimum atomic E-state index is -0.120. The number of hydrogen-bond acceptors (Lipinski definition) is 4. The van der Waals surface area contributed by atoms with Crippen molar-refractivity contribution >= 4 is 85.1 Å². The number of furan rings is 1. The molecule has 0 fully saturated rings. The van der Waals surface area contributed by atoms with Crippen molar-refractivity contribution in [2.45, 2.75) is 52.4 Å². The summed E-state index contributed by atoms with van der Waals surface area (Å²) < 4.78 is 5.87. The number of rotatable bonds is 6. The lowest BCUT2D eigenvalue weighted by Gasteiger charge is -2.45. The summed E-state index contributed by atoms with van der Waals surface area (Å²) in [5.41, 5.74) is 19.0. The topological polar surface area (TPSA) is 22.9 Å². The summed E-state index contributed by atoms with van der Waals surface area (Å²) in [7, 11) is 0. The van der Waals surface area contributed by atoms with Gasteiger partial charge in [-0.25, -0.2) is 0 Å². The van der Waals surface area contributed by atoms with Crippen molar-refractivity contribution in [2.24, 2.45) is 0 Å². The van der Waals surface area contributed by atoms with Gasteiger partial charge in [-0.3, -0.25) is 0 Å². The van der Waals surface area contributed by atoms with E-state index in [4.69, 9.17) is 4.42 Å². The van der Waals surface area contributed by atoms with Gasteiger partial charge in [0.2, 0.25) is 0 Å². The molecule has 3 heterocycles. The van der Waals surface area contributed by atoms with E-state index in [0.717, 1.165) is 44.9 Å². The highest BCUT2D eigenvalue weighted by Crippen LogP contribution is 2.48. The van der Waals surface area contributed by atoms with Crippen molar-refractivity contribution in [2.75, 3.05) is 14.7 Å². The van der Waals surface area contributed by atoms with Gasteiger partial charge in [0.1, 0.15) is 0 Å². The van der Waals surface area contributed by atoms with Gasteiger partial charge in [-0.15, -0.1) is 0 Å². The maximum atomic E-state index is 5.87. The molecule has 0 atom stereocenters. The maximum Gasteiger partial charge on any atom is 0.252 e. The average molecular weight is 816 g/mol. The van der Waals surface area contributed by atoms with E-state index in [1.807, 2.05) is 12.5 Å². The van der Waals surface area contributed by atoms with Crippen LogP contribution in [0.2, 0.25) is 0 Å². The Bertz CT molecular complexity index is 3130. The van der Waals surface area contributed by atoms with Crippen LogP contribution >= 0.6 is 0 Å². The fourth-order valence-corrected chi connectivity index (χ4v) is 9.72. The third-order valence-corrected chi connectivity index (χ3v) is 13.0. The van der Waals surface area contributed by atoms with E-state index in [1.54, 1.807) is 0 Å². The van der Waals surface area contributed by atoms with Gasteiger partial charge in [-0.05, 0) is 128 Å². The molecule has 0 spiro atoms. The highest BCUT2D eigenvalue weighted by Gasteiger charge is 2.44. The SMILES string of the molecule is CC(C)(C)c1ccc(N(c2ccc(-c3ccccc3)cc2)c2ccc3c(c2)N(c2ccccc2)c2cc(C(C)(C)C)cc4c2B3c2cc3cocc3cc2N4c2ccccc2)cc1. The molecule has 4 nitrogen and oxygen atoms in total. The van der Waals surface area contributed by atoms with E-state index < -0.39 is 0 Å². The molecule has 0 aliphatic carbocycles. The molecule has 8 aromatic carbocycles. The van der Waals surface area contributed by atoms with Crippen molar-refractivity contribution < 1.29 is 4.42 Å². The predicted octanol–water partition coefficient (Wildman–Crippen LogP) is 14.2. The predicted molar refractivity (Wildman–Crippen MR) is 268 cm³/mol. The molecule has 0 N–H and O–H groups in total. The lowest BCUT2D eigenvalue weighted by molar-refractivity contribution is 0.572. The first kappa shape index (κ1) is 38.7. The minimum Gasteiger partial charge on any atom is -0.471 e. The first-order valence-electron chi connectivity index (χ1n) is 22.1. The third kappa shape index (κ3) is 6.62. The van der Waals surface area contributed by atoms with Gasteiger partial charge in [0.25, 0.3) is 6.71 Å². The summed E-state index contributed by atoms with van der Waals surface area (Å²) in [5.74, 6) is 0. The van der Waals surface area contributed by atoms with E-state index in [0.29, 0.717) is 0 Å². The Hall–Kier alpha value is -7.24. The fraction of sp³-hybridized carbons (Fsp3) is 0.138. The Labute approximate surface area is 371 Å². The summed E-state index contributed by atoms with van der Waals surface area (Å²) >= 11 is 0. The van der Waals surface area contributed by atoms with E-state index in [-0.39, 0.29) is 17.5 Å². The first-order valence-corrected chi connectivity index (χ1v) is 22.1. The second kappa shape index (κ2) is 14.7. The van der Waals surface area contributed by atoms with Gasteiger partial charge in [0, 0.05) is 62.0 Å². The normalized spacial score (nSPS) is 13.1.